The average Bonchev–Trinajstić information content (AvgIpc) is 3.07. The highest BCUT2D eigenvalue weighted by atomic mass is 127. The number of ether oxygens (including phenoxy) is 1. The predicted molar refractivity (Wildman–Crippen MR) is 114 cm³/mol. The number of guanidine groups is 1. The molecule has 3 aromatic rings. The van der Waals surface area contributed by atoms with E-state index in [1.807, 2.05) is 28.8 Å². The van der Waals surface area contributed by atoms with Crippen LogP contribution in [0.25, 0.3) is 5.65 Å². The van der Waals surface area contributed by atoms with E-state index in [1.165, 1.54) is 12.1 Å². The molecule has 0 aliphatic heterocycles. The molecule has 2 aromatic heterocycles. The summed E-state index contributed by atoms with van der Waals surface area (Å²) in [7, 11) is 1.60. The van der Waals surface area contributed by atoms with Crippen LogP contribution in [0.2, 0.25) is 5.02 Å². The topological polar surface area (TPSA) is 75.8 Å². The van der Waals surface area contributed by atoms with Crippen LogP contribution in [0.4, 0.5) is 8.78 Å². The Hall–Kier alpha value is -2.21. The van der Waals surface area contributed by atoms with E-state index in [4.69, 9.17) is 11.6 Å². The lowest BCUT2D eigenvalue weighted by molar-refractivity contribution is -0.0504. The molecule has 0 unspecified atom stereocenters. The van der Waals surface area contributed by atoms with Crippen molar-refractivity contribution < 1.29 is 13.5 Å². The normalized spacial score (nSPS) is 11.4. The van der Waals surface area contributed by atoms with E-state index in [0.29, 0.717) is 28.9 Å². The molecule has 0 saturated carbocycles. The summed E-state index contributed by atoms with van der Waals surface area (Å²) in [5.74, 6) is 1.23. The predicted octanol–water partition coefficient (Wildman–Crippen LogP) is 3.47. The smallest absolute Gasteiger partial charge is 0.387 e. The third-order valence-electron chi connectivity index (χ3n) is 3.71. The van der Waals surface area contributed by atoms with Crippen LogP contribution >= 0.6 is 35.6 Å². The highest BCUT2D eigenvalue weighted by molar-refractivity contribution is 14.0. The molecular formula is C17H18ClF2IN6O. The van der Waals surface area contributed by atoms with Gasteiger partial charge in [-0.05, 0) is 30.3 Å². The van der Waals surface area contributed by atoms with Crippen molar-refractivity contribution in [1.82, 2.24) is 25.2 Å². The Kier molecular flexibility index (Phi) is 8.18. The summed E-state index contributed by atoms with van der Waals surface area (Å²) in [4.78, 5) is 4.11. The van der Waals surface area contributed by atoms with Crippen LogP contribution in [-0.2, 0) is 13.1 Å². The van der Waals surface area contributed by atoms with E-state index in [2.05, 4.69) is 30.6 Å². The van der Waals surface area contributed by atoms with Gasteiger partial charge in [-0.2, -0.15) is 8.78 Å². The SMILES string of the molecule is CN=C(NCc1cc(Cl)ccc1OC(F)F)NCc1nnc2ccccn12.I. The number of halogens is 4. The van der Waals surface area contributed by atoms with Crippen molar-refractivity contribution in [3.05, 3.63) is 59.0 Å². The first-order valence-electron chi connectivity index (χ1n) is 8.03. The van der Waals surface area contributed by atoms with Crippen molar-refractivity contribution in [2.75, 3.05) is 7.05 Å². The first-order chi connectivity index (χ1) is 13.1. The fourth-order valence-electron chi connectivity index (χ4n) is 2.47. The molecule has 0 atom stereocenters. The van der Waals surface area contributed by atoms with E-state index >= 15 is 0 Å². The van der Waals surface area contributed by atoms with E-state index < -0.39 is 6.61 Å². The molecule has 2 heterocycles. The molecule has 150 valence electrons. The van der Waals surface area contributed by atoms with Crippen LogP contribution < -0.4 is 15.4 Å². The monoisotopic (exact) mass is 522 g/mol. The summed E-state index contributed by atoms with van der Waals surface area (Å²) >= 11 is 5.95. The van der Waals surface area contributed by atoms with E-state index in [9.17, 15) is 8.78 Å². The van der Waals surface area contributed by atoms with E-state index in [0.717, 1.165) is 5.65 Å². The fraction of sp³-hybridized carbons (Fsp3) is 0.235. The fourth-order valence-corrected chi connectivity index (χ4v) is 2.67. The number of nitrogens with one attached hydrogen (secondary N) is 2. The Labute approximate surface area is 182 Å². The largest absolute Gasteiger partial charge is 0.434 e. The molecule has 0 aliphatic carbocycles. The number of aliphatic imine (C=N–C) groups is 1. The van der Waals surface area contributed by atoms with Gasteiger partial charge < -0.3 is 15.4 Å². The second-order valence-corrected chi connectivity index (χ2v) is 5.89. The van der Waals surface area contributed by atoms with Gasteiger partial charge in [0.1, 0.15) is 5.75 Å². The summed E-state index contributed by atoms with van der Waals surface area (Å²) in [5, 5.41) is 14.8. The number of hydrogen-bond donors (Lipinski definition) is 2. The van der Waals surface area contributed by atoms with Crippen LogP contribution in [0.5, 0.6) is 5.75 Å². The molecule has 7 nitrogen and oxygen atoms in total. The number of pyridine rings is 1. The van der Waals surface area contributed by atoms with Gasteiger partial charge in [-0.25, -0.2) is 0 Å². The number of aromatic nitrogens is 3. The first-order valence-corrected chi connectivity index (χ1v) is 8.41. The summed E-state index contributed by atoms with van der Waals surface area (Å²) in [6.07, 6.45) is 1.86. The van der Waals surface area contributed by atoms with Crippen LogP contribution in [0.15, 0.2) is 47.6 Å². The van der Waals surface area contributed by atoms with Crippen molar-refractivity contribution in [3.8, 4) is 5.75 Å². The summed E-state index contributed by atoms with van der Waals surface area (Å²) in [6.45, 7) is -2.34. The maximum atomic E-state index is 12.5. The number of fused-ring (bicyclic) bond motifs is 1. The second kappa shape index (κ2) is 10.4. The molecule has 1 aromatic carbocycles. The maximum absolute atomic E-state index is 12.5. The molecule has 0 amide bonds. The number of alkyl halides is 2. The molecule has 0 aliphatic rings. The molecule has 0 radical (unpaired) electrons. The molecule has 0 saturated heterocycles. The van der Waals surface area contributed by atoms with E-state index in [1.54, 1.807) is 13.1 Å². The lowest BCUT2D eigenvalue weighted by Gasteiger charge is -2.14. The van der Waals surface area contributed by atoms with Gasteiger partial charge in [0, 0.05) is 30.4 Å². The van der Waals surface area contributed by atoms with E-state index in [-0.39, 0.29) is 36.3 Å². The number of hydrogen-bond acceptors (Lipinski definition) is 4. The van der Waals surface area contributed by atoms with Crippen LogP contribution in [-0.4, -0.2) is 34.2 Å². The Balaban J connectivity index is 0.00000280. The van der Waals surface area contributed by atoms with Crippen LogP contribution in [0, 0.1) is 0 Å². The molecule has 0 fully saturated rings. The first kappa shape index (κ1) is 22.1. The molecule has 11 heteroatoms. The summed E-state index contributed by atoms with van der Waals surface area (Å²) < 4.78 is 31.5. The maximum Gasteiger partial charge on any atom is 0.387 e. The van der Waals surface area contributed by atoms with Crippen molar-refractivity contribution >= 4 is 47.2 Å². The standard InChI is InChI=1S/C17H17ClF2N6O.HI/c1-21-17(23-10-15-25-24-14-4-2-3-7-26(14)15)22-9-11-8-12(18)5-6-13(11)27-16(19)20;/h2-8,16H,9-10H2,1H3,(H2,21,22,23);1H. The minimum atomic E-state index is -2.91. The quantitative estimate of drug-likeness (QED) is 0.295. The zero-order chi connectivity index (χ0) is 19.2. The molecule has 0 spiro atoms. The number of rotatable bonds is 6. The van der Waals surface area contributed by atoms with Crippen molar-refractivity contribution in [3.63, 3.8) is 0 Å². The summed E-state index contributed by atoms with van der Waals surface area (Å²) in [6, 6.07) is 10.1. The van der Waals surface area contributed by atoms with Crippen molar-refractivity contribution in [1.29, 1.82) is 0 Å². The second-order valence-electron chi connectivity index (χ2n) is 5.45. The highest BCUT2D eigenvalue weighted by Crippen LogP contribution is 2.24. The van der Waals surface area contributed by atoms with Gasteiger partial charge in [0.05, 0.1) is 6.54 Å². The number of nitrogens with zero attached hydrogens (tertiary/aromatic N) is 4. The molecule has 0 bridgehead atoms. The number of benzene rings is 1. The Bertz CT molecular complexity index is 952. The Morgan fingerprint density at radius 3 is 2.75 bits per heavy atom. The van der Waals surface area contributed by atoms with Gasteiger partial charge in [0.15, 0.2) is 17.4 Å². The zero-order valence-electron chi connectivity index (χ0n) is 14.8. The molecule has 2 N–H and O–H groups in total. The zero-order valence-corrected chi connectivity index (χ0v) is 17.9. The van der Waals surface area contributed by atoms with Gasteiger partial charge in [-0.3, -0.25) is 9.39 Å². The van der Waals surface area contributed by atoms with Gasteiger partial charge in [-0.15, -0.1) is 34.2 Å². The van der Waals surface area contributed by atoms with Gasteiger partial charge >= 0.3 is 6.61 Å². The van der Waals surface area contributed by atoms with Gasteiger partial charge in [0.2, 0.25) is 0 Å². The van der Waals surface area contributed by atoms with Crippen LogP contribution in [0.3, 0.4) is 0 Å². The van der Waals surface area contributed by atoms with Crippen molar-refractivity contribution in [2.24, 2.45) is 4.99 Å². The third-order valence-corrected chi connectivity index (χ3v) is 3.94. The van der Waals surface area contributed by atoms with Crippen LogP contribution in [0.1, 0.15) is 11.4 Å². The van der Waals surface area contributed by atoms with Crippen molar-refractivity contribution in [2.45, 2.75) is 19.7 Å². The summed E-state index contributed by atoms with van der Waals surface area (Å²) in [5.41, 5.74) is 1.23. The molecular weight excluding hydrogens is 505 g/mol. The minimum Gasteiger partial charge on any atom is -0.434 e. The Morgan fingerprint density at radius 2 is 2.00 bits per heavy atom. The highest BCUT2D eigenvalue weighted by Gasteiger charge is 2.11. The lowest BCUT2D eigenvalue weighted by atomic mass is 10.2. The lowest BCUT2D eigenvalue weighted by Crippen LogP contribution is -2.36. The van der Waals surface area contributed by atoms with Gasteiger partial charge in [0.25, 0.3) is 0 Å². The molecule has 3 rings (SSSR count). The minimum absolute atomic E-state index is 0. The molecule has 28 heavy (non-hydrogen) atoms. The van der Waals surface area contributed by atoms with Gasteiger partial charge in [-0.1, -0.05) is 17.7 Å². The average molecular weight is 523 g/mol. The Morgan fingerprint density at radius 1 is 1.21 bits per heavy atom. The third kappa shape index (κ3) is 5.64.